The van der Waals surface area contributed by atoms with Crippen LogP contribution < -0.4 is 21.3 Å². The monoisotopic (exact) mass is 484 g/mol. The van der Waals surface area contributed by atoms with Gasteiger partial charge in [0.05, 0.1) is 12.1 Å². The highest BCUT2D eigenvalue weighted by molar-refractivity contribution is 6.05. The van der Waals surface area contributed by atoms with Gasteiger partial charge >= 0.3 is 6.18 Å². The smallest absolute Gasteiger partial charge is 0.376 e. The van der Waals surface area contributed by atoms with Gasteiger partial charge in [0.1, 0.15) is 0 Å². The summed E-state index contributed by atoms with van der Waals surface area (Å²) < 4.78 is 38.6. The fraction of sp³-hybridized carbons (Fsp3) is 0.160. The second-order valence-electron chi connectivity index (χ2n) is 7.49. The Labute approximate surface area is 199 Å². The summed E-state index contributed by atoms with van der Waals surface area (Å²) in [7, 11) is 0. The second-order valence-corrected chi connectivity index (χ2v) is 7.49. The van der Waals surface area contributed by atoms with Crippen LogP contribution in [0.15, 0.2) is 72.8 Å². The van der Waals surface area contributed by atoms with E-state index in [0.717, 1.165) is 12.1 Å². The van der Waals surface area contributed by atoms with Gasteiger partial charge in [-0.3, -0.25) is 14.4 Å². The van der Waals surface area contributed by atoms with E-state index in [1.807, 2.05) is 0 Å². The van der Waals surface area contributed by atoms with Gasteiger partial charge in [0.15, 0.2) is 0 Å². The number of carbonyl (C=O) groups excluding carboxylic acids is 3. The molecule has 0 aliphatic carbocycles. The number of hydrogen-bond donors (Lipinski definition) is 4. The molecule has 0 saturated carbocycles. The Morgan fingerprint density at radius 2 is 1.31 bits per heavy atom. The van der Waals surface area contributed by atoms with E-state index in [9.17, 15) is 27.6 Å². The average Bonchev–Trinajstić information content (AvgIpc) is 2.83. The Morgan fingerprint density at radius 1 is 0.714 bits per heavy atom. The third-order valence-corrected chi connectivity index (χ3v) is 4.80. The number of anilines is 4. The molecule has 35 heavy (non-hydrogen) atoms. The van der Waals surface area contributed by atoms with Gasteiger partial charge in [0.2, 0.25) is 11.8 Å². The molecule has 0 fully saturated rings. The highest BCUT2D eigenvalue weighted by Crippen LogP contribution is 2.30. The summed E-state index contributed by atoms with van der Waals surface area (Å²) in [6.07, 6.45) is -4.16. The first-order valence-corrected chi connectivity index (χ1v) is 10.7. The average molecular weight is 484 g/mol. The first-order valence-electron chi connectivity index (χ1n) is 10.7. The lowest BCUT2D eigenvalue weighted by molar-refractivity contribution is -0.137. The molecule has 10 heteroatoms. The quantitative estimate of drug-likeness (QED) is 0.346. The van der Waals surface area contributed by atoms with Gasteiger partial charge in [-0.2, -0.15) is 13.2 Å². The predicted octanol–water partition coefficient (Wildman–Crippen LogP) is 5.36. The molecule has 0 aromatic heterocycles. The van der Waals surface area contributed by atoms with E-state index in [0.29, 0.717) is 23.5 Å². The fourth-order valence-electron chi connectivity index (χ4n) is 3.02. The van der Waals surface area contributed by atoms with E-state index in [2.05, 4.69) is 21.3 Å². The van der Waals surface area contributed by atoms with Gasteiger partial charge < -0.3 is 21.3 Å². The number of rotatable bonds is 8. The Kier molecular flexibility index (Phi) is 8.08. The number of benzene rings is 3. The molecule has 3 aromatic rings. The van der Waals surface area contributed by atoms with Crippen molar-refractivity contribution in [3.05, 3.63) is 83.9 Å². The van der Waals surface area contributed by atoms with Crippen molar-refractivity contribution in [1.82, 2.24) is 0 Å². The van der Waals surface area contributed by atoms with Crippen LogP contribution in [-0.4, -0.2) is 24.3 Å². The SMILES string of the molecule is CCC(=O)Nc1ccc(NC(=O)CNc2cccc(C(=O)Nc3cccc(C(F)(F)F)c3)c2)cc1. The first kappa shape index (κ1) is 25.3. The Balaban J connectivity index is 1.55. The molecular weight excluding hydrogens is 461 g/mol. The third-order valence-electron chi connectivity index (χ3n) is 4.80. The van der Waals surface area contributed by atoms with Gasteiger partial charge in [0, 0.05) is 34.7 Å². The zero-order valence-electron chi connectivity index (χ0n) is 18.7. The van der Waals surface area contributed by atoms with Crippen molar-refractivity contribution >= 4 is 40.5 Å². The molecule has 0 aliphatic heterocycles. The number of alkyl halides is 3. The van der Waals surface area contributed by atoms with Crippen molar-refractivity contribution in [2.75, 3.05) is 27.8 Å². The lowest BCUT2D eigenvalue weighted by Crippen LogP contribution is -2.22. The van der Waals surface area contributed by atoms with Crippen LogP contribution in [0.3, 0.4) is 0 Å². The Morgan fingerprint density at radius 3 is 1.94 bits per heavy atom. The fourth-order valence-corrected chi connectivity index (χ4v) is 3.02. The van der Waals surface area contributed by atoms with E-state index in [1.54, 1.807) is 43.3 Å². The van der Waals surface area contributed by atoms with Crippen molar-refractivity contribution in [3.8, 4) is 0 Å². The summed E-state index contributed by atoms with van der Waals surface area (Å²) in [5.41, 5.74) is 1.00. The molecule has 0 unspecified atom stereocenters. The lowest BCUT2D eigenvalue weighted by atomic mass is 10.1. The maximum atomic E-state index is 12.9. The molecule has 0 aliphatic rings. The van der Waals surface area contributed by atoms with Crippen LogP contribution in [-0.2, 0) is 15.8 Å². The molecule has 0 atom stereocenters. The molecular formula is C25H23F3N4O3. The maximum absolute atomic E-state index is 12.9. The molecule has 0 radical (unpaired) electrons. The van der Waals surface area contributed by atoms with Gasteiger partial charge in [-0.1, -0.05) is 19.1 Å². The summed E-state index contributed by atoms with van der Waals surface area (Å²) in [5, 5.41) is 10.8. The molecule has 3 rings (SSSR count). The van der Waals surface area contributed by atoms with E-state index < -0.39 is 17.6 Å². The normalized spacial score (nSPS) is 10.9. The van der Waals surface area contributed by atoms with Crippen LogP contribution in [0.5, 0.6) is 0 Å². The summed E-state index contributed by atoms with van der Waals surface area (Å²) in [6.45, 7) is 1.66. The number of nitrogens with one attached hydrogen (secondary N) is 4. The van der Waals surface area contributed by atoms with Crippen LogP contribution in [0.2, 0.25) is 0 Å². The van der Waals surface area contributed by atoms with Crippen LogP contribution in [0.25, 0.3) is 0 Å². The molecule has 0 heterocycles. The number of amides is 3. The van der Waals surface area contributed by atoms with Crippen molar-refractivity contribution in [3.63, 3.8) is 0 Å². The summed E-state index contributed by atoms with van der Waals surface area (Å²) >= 11 is 0. The second kappa shape index (κ2) is 11.2. The molecule has 7 nitrogen and oxygen atoms in total. The van der Waals surface area contributed by atoms with Gasteiger partial charge in [-0.05, 0) is 60.7 Å². The zero-order chi connectivity index (χ0) is 25.4. The molecule has 3 amide bonds. The van der Waals surface area contributed by atoms with Gasteiger partial charge in [0.25, 0.3) is 5.91 Å². The minimum Gasteiger partial charge on any atom is -0.376 e. The zero-order valence-corrected chi connectivity index (χ0v) is 18.7. The molecule has 4 N–H and O–H groups in total. The van der Waals surface area contributed by atoms with Crippen molar-refractivity contribution < 1.29 is 27.6 Å². The topological polar surface area (TPSA) is 99.3 Å². The van der Waals surface area contributed by atoms with Crippen LogP contribution >= 0.6 is 0 Å². The minimum absolute atomic E-state index is 0.0165. The van der Waals surface area contributed by atoms with E-state index in [4.69, 9.17) is 0 Å². The minimum atomic E-state index is -4.52. The summed E-state index contributed by atoms with van der Waals surface area (Å²) in [5.74, 6) is -1.04. The molecule has 0 spiro atoms. The van der Waals surface area contributed by atoms with E-state index in [-0.39, 0.29) is 29.6 Å². The van der Waals surface area contributed by atoms with Crippen molar-refractivity contribution in [1.29, 1.82) is 0 Å². The number of hydrogen-bond acceptors (Lipinski definition) is 4. The Bertz CT molecular complexity index is 1210. The third kappa shape index (κ3) is 7.60. The molecule has 3 aromatic carbocycles. The van der Waals surface area contributed by atoms with E-state index in [1.165, 1.54) is 24.3 Å². The Hall–Kier alpha value is -4.34. The van der Waals surface area contributed by atoms with Crippen LogP contribution in [0.1, 0.15) is 29.3 Å². The van der Waals surface area contributed by atoms with Crippen LogP contribution in [0, 0.1) is 0 Å². The van der Waals surface area contributed by atoms with E-state index >= 15 is 0 Å². The highest BCUT2D eigenvalue weighted by Gasteiger charge is 2.30. The number of halogens is 3. The van der Waals surface area contributed by atoms with Crippen LogP contribution in [0.4, 0.5) is 35.9 Å². The van der Waals surface area contributed by atoms with Gasteiger partial charge in [-0.25, -0.2) is 0 Å². The molecule has 0 saturated heterocycles. The standard InChI is InChI=1S/C25H23F3N4O3/c1-2-22(33)30-18-9-11-19(12-10-18)31-23(34)15-29-20-7-3-5-16(13-20)24(35)32-21-8-4-6-17(14-21)25(26,27)28/h3-14,29H,2,15H2,1H3,(H,30,33)(H,31,34)(H,32,35). The summed E-state index contributed by atoms with van der Waals surface area (Å²) in [6, 6.07) is 17.2. The predicted molar refractivity (Wildman–Crippen MR) is 128 cm³/mol. The first-order chi connectivity index (χ1) is 16.6. The van der Waals surface area contributed by atoms with Crippen molar-refractivity contribution in [2.24, 2.45) is 0 Å². The maximum Gasteiger partial charge on any atom is 0.416 e. The van der Waals surface area contributed by atoms with Crippen molar-refractivity contribution in [2.45, 2.75) is 19.5 Å². The van der Waals surface area contributed by atoms with Gasteiger partial charge in [-0.15, -0.1) is 0 Å². The summed E-state index contributed by atoms with van der Waals surface area (Å²) in [4.78, 5) is 36.2. The highest BCUT2D eigenvalue weighted by atomic mass is 19.4. The number of carbonyl (C=O) groups is 3. The lowest BCUT2D eigenvalue weighted by Gasteiger charge is -2.11. The molecule has 0 bridgehead atoms. The molecule has 182 valence electrons. The largest absolute Gasteiger partial charge is 0.416 e.